The molecule has 0 aliphatic heterocycles. The number of anilines is 1. The molecule has 0 radical (unpaired) electrons. The summed E-state index contributed by atoms with van der Waals surface area (Å²) in [6.07, 6.45) is 2.35. The standard InChI is InChI=1S/C12H14BrFN2O/c1-3-4-7(2)16-12(17)8-5-10(14)9(13)6-11(8)15/h3,5-7H,1,4,15H2,2H3,(H,16,17). The Morgan fingerprint density at radius 2 is 2.35 bits per heavy atom. The highest BCUT2D eigenvalue weighted by Crippen LogP contribution is 2.22. The van der Waals surface area contributed by atoms with Crippen LogP contribution in [0.5, 0.6) is 0 Å². The highest BCUT2D eigenvalue weighted by atomic mass is 79.9. The lowest BCUT2D eigenvalue weighted by Crippen LogP contribution is -2.32. The van der Waals surface area contributed by atoms with E-state index in [1.54, 1.807) is 6.08 Å². The highest BCUT2D eigenvalue weighted by molar-refractivity contribution is 9.10. The summed E-state index contributed by atoms with van der Waals surface area (Å²) in [6, 6.07) is 2.43. The Kier molecular flexibility index (Phi) is 4.69. The molecule has 0 fully saturated rings. The summed E-state index contributed by atoms with van der Waals surface area (Å²) in [6.45, 7) is 5.42. The van der Waals surface area contributed by atoms with Gasteiger partial charge in [0.1, 0.15) is 5.82 Å². The zero-order chi connectivity index (χ0) is 13.0. The molecule has 1 aromatic rings. The number of rotatable bonds is 4. The third kappa shape index (κ3) is 3.56. The molecule has 3 N–H and O–H groups in total. The maximum Gasteiger partial charge on any atom is 0.253 e. The molecule has 1 aromatic carbocycles. The number of hydrogen-bond donors (Lipinski definition) is 2. The van der Waals surface area contributed by atoms with Crippen molar-refractivity contribution < 1.29 is 9.18 Å². The van der Waals surface area contributed by atoms with Gasteiger partial charge in [0.2, 0.25) is 0 Å². The van der Waals surface area contributed by atoms with Crippen molar-refractivity contribution in [3.8, 4) is 0 Å². The average Bonchev–Trinajstić information content (AvgIpc) is 2.23. The summed E-state index contributed by atoms with van der Waals surface area (Å²) in [4.78, 5) is 11.8. The predicted molar refractivity (Wildman–Crippen MR) is 70.3 cm³/mol. The Hall–Kier alpha value is -1.36. The van der Waals surface area contributed by atoms with E-state index in [4.69, 9.17) is 5.73 Å². The molecule has 92 valence electrons. The number of nitrogen functional groups attached to an aromatic ring is 1. The summed E-state index contributed by atoms with van der Waals surface area (Å²) in [7, 11) is 0. The van der Waals surface area contributed by atoms with Crippen LogP contribution in [0.3, 0.4) is 0 Å². The second-order valence-corrected chi connectivity index (χ2v) is 4.61. The van der Waals surface area contributed by atoms with Gasteiger partial charge in [-0.2, -0.15) is 0 Å². The summed E-state index contributed by atoms with van der Waals surface area (Å²) in [5, 5.41) is 2.71. The molecule has 0 aliphatic carbocycles. The number of hydrogen-bond acceptors (Lipinski definition) is 2. The fourth-order valence-corrected chi connectivity index (χ4v) is 1.73. The van der Waals surface area contributed by atoms with Gasteiger partial charge in [-0.25, -0.2) is 4.39 Å². The maximum absolute atomic E-state index is 13.3. The number of halogens is 2. The topological polar surface area (TPSA) is 55.1 Å². The molecule has 0 aliphatic rings. The van der Waals surface area contributed by atoms with E-state index in [-0.39, 0.29) is 27.7 Å². The van der Waals surface area contributed by atoms with Gasteiger partial charge >= 0.3 is 0 Å². The summed E-state index contributed by atoms with van der Waals surface area (Å²) < 4.78 is 13.5. The van der Waals surface area contributed by atoms with E-state index in [1.807, 2.05) is 6.92 Å². The lowest BCUT2D eigenvalue weighted by atomic mass is 10.1. The molecule has 0 bridgehead atoms. The number of amides is 1. The first-order chi connectivity index (χ1) is 7.95. The minimum atomic E-state index is -0.513. The van der Waals surface area contributed by atoms with Gasteiger partial charge in [0.05, 0.1) is 10.0 Å². The Morgan fingerprint density at radius 1 is 1.71 bits per heavy atom. The molecular formula is C12H14BrFN2O. The van der Waals surface area contributed by atoms with E-state index in [2.05, 4.69) is 27.8 Å². The second kappa shape index (κ2) is 5.82. The van der Waals surface area contributed by atoms with Gasteiger partial charge in [-0.1, -0.05) is 6.08 Å². The van der Waals surface area contributed by atoms with Crippen LogP contribution >= 0.6 is 15.9 Å². The van der Waals surface area contributed by atoms with Crippen molar-refractivity contribution >= 4 is 27.5 Å². The number of carbonyl (C=O) groups excluding carboxylic acids is 1. The van der Waals surface area contributed by atoms with Crippen molar-refractivity contribution in [2.75, 3.05) is 5.73 Å². The van der Waals surface area contributed by atoms with Crippen LogP contribution < -0.4 is 11.1 Å². The molecule has 0 saturated carbocycles. The van der Waals surface area contributed by atoms with Gasteiger partial charge in [0.15, 0.2) is 0 Å². The second-order valence-electron chi connectivity index (χ2n) is 3.75. The van der Waals surface area contributed by atoms with Crippen LogP contribution in [-0.2, 0) is 0 Å². The molecule has 1 amide bonds. The first-order valence-electron chi connectivity index (χ1n) is 5.12. The number of benzene rings is 1. The Labute approximate surface area is 108 Å². The predicted octanol–water partition coefficient (Wildman–Crippen LogP) is 2.86. The van der Waals surface area contributed by atoms with Gasteiger partial charge < -0.3 is 11.1 Å². The molecule has 1 unspecified atom stereocenters. The van der Waals surface area contributed by atoms with E-state index in [1.165, 1.54) is 6.07 Å². The zero-order valence-electron chi connectivity index (χ0n) is 9.47. The van der Waals surface area contributed by atoms with Crippen molar-refractivity contribution in [2.45, 2.75) is 19.4 Å². The van der Waals surface area contributed by atoms with Crippen molar-refractivity contribution in [2.24, 2.45) is 0 Å². The molecule has 1 rings (SSSR count). The maximum atomic E-state index is 13.3. The first kappa shape index (κ1) is 13.7. The van der Waals surface area contributed by atoms with E-state index >= 15 is 0 Å². The monoisotopic (exact) mass is 300 g/mol. The minimum absolute atomic E-state index is 0.0638. The van der Waals surface area contributed by atoms with Gasteiger partial charge in [-0.3, -0.25) is 4.79 Å². The van der Waals surface area contributed by atoms with E-state index < -0.39 is 5.82 Å². The summed E-state index contributed by atoms with van der Waals surface area (Å²) in [5.74, 6) is -0.899. The molecule has 0 heterocycles. The van der Waals surface area contributed by atoms with Crippen molar-refractivity contribution in [3.63, 3.8) is 0 Å². The van der Waals surface area contributed by atoms with E-state index in [9.17, 15) is 9.18 Å². The highest BCUT2D eigenvalue weighted by Gasteiger charge is 2.14. The van der Waals surface area contributed by atoms with Gasteiger partial charge in [-0.15, -0.1) is 6.58 Å². The van der Waals surface area contributed by atoms with Crippen molar-refractivity contribution in [3.05, 3.63) is 40.6 Å². The van der Waals surface area contributed by atoms with E-state index in [0.717, 1.165) is 6.07 Å². The van der Waals surface area contributed by atoms with Crippen molar-refractivity contribution in [1.82, 2.24) is 5.32 Å². The van der Waals surface area contributed by atoms with Crippen LogP contribution in [0.4, 0.5) is 10.1 Å². The average molecular weight is 301 g/mol. The van der Waals surface area contributed by atoms with Crippen LogP contribution in [-0.4, -0.2) is 11.9 Å². The first-order valence-corrected chi connectivity index (χ1v) is 5.91. The molecule has 0 spiro atoms. The normalized spacial score (nSPS) is 11.9. The molecule has 3 nitrogen and oxygen atoms in total. The van der Waals surface area contributed by atoms with E-state index in [0.29, 0.717) is 6.42 Å². The minimum Gasteiger partial charge on any atom is -0.398 e. The van der Waals surface area contributed by atoms with Crippen molar-refractivity contribution in [1.29, 1.82) is 0 Å². The zero-order valence-corrected chi connectivity index (χ0v) is 11.1. The molecule has 0 aromatic heterocycles. The molecule has 17 heavy (non-hydrogen) atoms. The molecule has 5 heteroatoms. The van der Waals surface area contributed by atoms with Crippen LogP contribution in [0.25, 0.3) is 0 Å². The van der Waals surface area contributed by atoms with Gasteiger partial charge in [0.25, 0.3) is 5.91 Å². The fraction of sp³-hybridized carbons (Fsp3) is 0.250. The summed E-state index contributed by atoms with van der Waals surface area (Å²) in [5.41, 5.74) is 6.04. The third-order valence-electron chi connectivity index (χ3n) is 2.23. The van der Waals surface area contributed by atoms with Crippen LogP contribution in [0.15, 0.2) is 29.3 Å². The quantitative estimate of drug-likeness (QED) is 0.663. The Bertz CT molecular complexity index is 448. The Morgan fingerprint density at radius 3 is 2.94 bits per heavy atom. The Balaban J connectivity index is 2.89. The van der Waals surface area contributed by atoms with Gasteiger partial charge in [-0.05, 0) is 41.4 Å². The molecular weight excluding hydrogens is 287 g/mol. The van der Waals surface area contributed by atoms with Crippen LogP contribution in [0.1, 0.15) is 23.7 Å². The van der Waals surface area contributed by atoms with Crippen LogP contribution in [0, 0.1) is 5.82 Å². The lowest BCUT2D eigenvalue weighted by Gasteiger charge is -2.13. The smallest absolute Gasteiger partial charge is 0.253 e. The fourth-order valence-electron chi connectivity index (χ4n) is 1.37. The third-order valence-corrected chi connectivity index (χ3v) is 2.84. The number of nitrogens with one attached hydrogen (secondary N) is 1. The SMILES string of the molecule is C=CCC(C)NC(=O)c1cc(F)c(Br)cc1N. The number of nitrogens with two attached hydrogens (primary N) is 1. The molecule has 0 saturated heterocycles. The van der Waals surface area contributed by atoms with Crippen LogP contribution in [0.2, 0.25) is 0 Å². The van der Waals surface area contributed by atoms with Gasteiger partial charge in [0, 0.05) is 11.7 Å². The molecule has 1 atom stereocenters. The number of carbonyl (C=O) groups is 1. The largest absolute Gasteiger partial charge is 0.398 e. The summed E-state index contributed by atoms with van der Waals surface area (Å²) >= 11 is 3.01. The lowest BCUT2D eigenvalue weighted by molar-refractivity contribution is 0.0941.